The quantitative estimate of drug-likeness (QED) is 0.900. The summed E-state index contributed by atoms with van der Waals surface area (Å²) in [5.41, 5.74) is 1.44. The molecule has 5 heteroatoms. The minimum Gasteiger partial charge on any atom is -0.363 e. The van der Waals surface area contributed by atoms with Gasteiger partial charge in [0.15, 0.2) is 0 Å². The maximum Gasteiger partial charge on any atom is 0.128 e. The van der Waals surface area contributed by atoms with Gasteiger partial charge >= 0.3 is 0 Å². The van der Waals surface area contributed by atoms with Crippen LogP contribution in [0.2, 0.25) is 0 Å². The van der Waals surface area contributed by atoms with E-state index in [1.165, 1.54) is 18.4 Å². The zero-order chi connectivity index (χ0) is 10.7. The third-order valence-corrected chi connectivity index (χ3v) is 3.04. The largest absolute Gasteiger partial charge is 0.363 e. The predicted molar refractivity (Wildman–Crippen MR) is 77.9 cm³/mol. The number of rotatable bonds is 2. The van der Waals surface area contributed by atoms with Gasteiger partial charge in [0.05, 0.1) is 0 Å². The number of hydrogen-bond acceptors (Lipinski definition) is 3. The molecule has 0 amide bonds. The van der Waals surface area contributed by atoms with Crippen LogP contribution in [0.25, 0.3) is 0 Å². The molecule has 0 aromatic carbocycles. The number of anilines is 1. The molecule has 1 aromatic heterocycles. The second kappa shape index (κ2) is 7.75. The third kappa shape index (κ3) is 4.34. The highest BCUT2D eigenvalue weighted by Gasteiger charge is 2.15. The Labute approximate surface area is 116 Å². The van der Waals surface area contributed by atoms with Crippen LogP contribution in [0.3, 0.4) is 0 Å². The second-order valence-corrected chi connectivity index (χ2v) is 4.37. The average Bonchev–Trinajstić information content (AvgIpc) is 2.30. The second-order valence-electron chi connectivity index (χ2n) is 4.37. The van der Waals surface area contributed by atoms with Crippen LogP contribution in [0.15, 0.2) is 18.3 Å². The summed E-state index contributed by atoms with van der Waals surface area (Å²) >= 11 is 0. The molecule has 1 saturated heterocycles. The van der Waals surface area contributed by atoms with E-state index >= 15 is 0 Å². The molecule has 2 heterocycles. The molecule has 1 fully saturated rings. The minimum atomic E-state index is 0. The van der Waals surface area contributed by atoms with Crippen molar-refractivity contribution in [3.8, 4) is 0 Å². The number of halogens is 2. The van der Waals surface area contributed by atoms with Crippen molar-refractivity contribution in [1.29, 1.82) is 0 Å². The lowest BCUT2D eigenvalue weighted by molar-refractivity contribution is 0.460. The molecule has 0 bridgehead atoms. The van der Waals surface area contributed by atoms with Crippen LogP contribution in [0.5, 0.6) is 0 Å². The highest BCUT2D eigenvalue weighted by molar-refractivity contribution is 5.85. The van der Waals surface area contributed by atoms with Crippen LogP contribution >= 0.6 is 24.8 Å². The molecule has 1 aliphatic rings. The lowest BCUT2D eigenvalue weighted by Gasteiger charge is -2.23. The van der Waals surface area contributed by atoms with Crippen molar-refractivity contribution in [3.63, 3.8) is 0 Å². The van der Waals surface area contributed by atoms with E-state index in [4.69, 9.17) is 0 Å². The maximum atomic E-state index is 4.34. The van der Waals surface area contributed by atoms with Crippen molar-refractivity contribution in [2.24, 2.45) is 0 Å². The molecule has 0 saturated carbocycles. The number of pyridine rings is 1. The first-order valence-electron chi connectivity index (χ1n) is 5.61. The fraction of sp³-hybridized carbons (Fsp3) is 0.583. The number of hydrogen-bond donors (Lipinski definition) is 1. The first-order valence-corrected chi connectivity index (χ1v) is 5.61. The molecule has 1 aromatic rings. The van der Waals surface area contributed by atoms with Crippen LogP contribution in [-0.4, -0.2) is 32.2 Å². The van der Waals surface area contributed by atoms with Crippen LogP contribution in [-0.2, 0) is 0 Å². The van der Waals surface area contributed by atoms with Crippen LogP contribution in [0, 0.1) is 0 Å². The molecule has 1 N–H and O–H groups in total. The van der Waals surface area contributed by atoms with Gasteiger partial charge in [0.1, 0.15) is 5.82 Å². The monoisotopic (exact) mass is 277 g/mol. The van der Waals surface area contributed by atoms with Crippen LogP contribution < -0.4 is 10.2 Å². The zero-order valence-electron chi connectivity index (χ0n) is 10.3. The predicted octanol–water partition coefficient (Wildman–Crippen LogP) is 2.46. The van der Waals surface area contributed by atoms with E-state index in [0.29, 0.717) is 5.92 Å². The van der Waals surface area contributed by atoms with E-state index in [-0.39, 0.29) is 24.8 Å². The molecule has 17 heavy (non-hydrogen) atoms. The van der Waals surface area contributed by atoms with E-state index in [1.54, 1.807) is 0 Å². The summed E-state index contributed by atoms with van der Waals surface area (Å²) in [6.07, 6.45) is 4.42. The summed E-state index contributed by atoms with van der Waals surface area (Å²) in [6, 6.07) is 4.37. The molecule has 0 spiro atoms. The van der Waals surface area contributed by atoms with Crippen molar-refractivity contribution >= 4 is 30.6 Å². The van der Waals surface area contributed by atoms with Gasteiger partial charge in [0, 0.05) is 20.3 Å². The van der Waals surface area contributed by atoms with Gasteiger partial charge in [-0.2, -0.15) is 0 Å². The van der Waals surface area contributed by atoms with Gasteiger partial charge in [-0.1, -0.05) is 0 Å². The van der Waals surface area contributed by atoms with Gasteiger partial charge in [-0.25, -0.2) is 4.98 Å². The molecular formula is C12H21Cl2N3. The Hall–Kier alpha value is -0.510. The number of aromatic nitrogens is 1. The lowest BCUT2D eigenvalue weighted by atomic mass is 9.91. The van der Waals surface area contributed by atoms with E-state index < -0.39 is 0 Å². The molecule has 2 rings (SSSR count). The maximum absolute atomic E-state index is 4.34. The smallest absolute Gasteiger partial charge is 0.128 e. The Morgan fingerprint density at radius 3 is 2.47 bits per heavy atom. The highest BCUT2D eigenvalue weighted by atomic mass is 35.5. The lowest BCUT2D eigenvalue weighted by Crippen LogP contribution is -2.26. The van der Waals surface area contributed by atoms with Gasteiger partial charge in [0.25, 0.3) is 0 Å². The van der Waals surface area contributed by atoms with Crippen molar-refractivity contribution in [2.45, 2.75) is 18.8 Å². The Morgan fingerprint density at radius 1 is 1.24 bits per heavy atom. The number of nitrogens with zero attached hydrogens (tertiary/aromatic N) is 2. The summed E-state index contributed by atoms with van der Waals surface area (Å²) in [7, 11) is 4.07. The van der Waals surface area contributed by atoms with E-state index in [0.717, 1.165) is 18.9 Å². The van der Waals surface area contributed by atoms with Gasteiger partial charge < -0.3 is 10.2 Å². The van der Waals surface area contributed by atoms with Gasteiger partial charge in [-0.3, -0.25) is 0 Å². The standard InChI is InChI=1S/C12H19N3.2ClH/c1-15(2)12-9-11(5-8-14-12)10-3-6-13-7-4-10;;/h5,8-10,13H,3-4,6-7H2,1-2H3;2*1H. The third-order valence-electron chi connectivity index (χ3n) is 3.04. The summed E-state index contributed by atoms with van der Waals surface area (Å²) in [4.78, 5) is 6.40. The fourth-order valence-electron chi connectivity index (χ4n) is 2.09. The summed E-state index contributed by atoms with van der Waals surface area (Å²) < 4.78 is 0. The molecule has 0 radical (unpaired) electrons. The Kier molecular flexibility index (Phi) is 7.51. The number of nitrogens with one attached hydrogen (secondary N) is 1. The van der Waals surface area contributed by atoms with E-state index in [9.17, 15) is 0 Å². The molecule has 0 unspecified atom stereocenters. The van der Waals surface area contributed by atoms with E-state index in [1.807, 2.05) is 20.3 Å². The highest BCUT2D eigenvalue weighted by Crippen LogP contribution is 2.26. The van der Waals surface area contributed by atoms with E-state index in [2.05, 4.69) is 27.3 Å². The summed E-state index contributed by atoms with van der Waals surface area (Å²) in [5, 5.41) is 3.40. The number of piperidine rings is 1. The van der Waals surface area contributed by atoms with Crippen LogP contribution in [0.4, 0.5) is 5.82 Å². The van der Waals surface area contributed by atoms with Crippen molar-refractivity contribution in [3.05, 3.63) is 23.9 Å². The molecular weight excluding hydrogens is 257 g/mol. The van der Waals surface area contributed by atoms with Crippen molar-refractivity contribution in [1.82, 2.24) is 10.3 Å². The Bertz CT molecular complexity index is 325. The minimum absolute atomic E-state index is 0. The topological polar surface area (TPSA) is 28.2 Å². The summed E-state index contributed by atoms with van der Waals surface area (Å²) in [6.45, 7) is 2.29. The first-order chi connectivity index (χ1) is 7.27. The SMILES string of the molecule is CN(C)c1cc(C2CCNCC2)ccn1.Cl.Cl. The molecule has 0 aliphatic carbocycles. The van der Waals surface area contributed by atoms with Gasteiger partial charge in [0.2, 0.25) is 0 Å². The molecule has 3 nitrogen and oxygen atoms in total. The first kappa shape index (κ1) is 16.5. The van der Waals surface area contributed by atoms with Gasteiger partial charge in [-0.15, -0.1) is 24.8 Å². The molecule has 1 aliphatic heterocycles. The fourth-order valence-corrected chi connectivity index (χ4v) is 2.09. The molecule has 98 valence electrons. The molecule has 0 atom stereocenters. The van der Waals surface area contributed by atoms with Gasteiger partial charge in [-0.05, 0) is 49.5 Å². The Balaban J connectivity index is 0.00000128. The van der Waals surface area contributed by atoms with Crippen LogP contribution in [0.1, 0.15) is 24.3 Å². The zero-order valence-corrected chi connectivity index (χ0v) is 12.0. The average molecular weight is 278 g/mol. The van der Waals surface area contributed by atoms with Crippen molar-refractivity contribution < 1.29 is 0 Å². The normalized spacial score (nSPS) is 15.6. The summed E-state index contributed by atoms with van der Waals surface area (Å²) in [5.74, 6) is 1.78. The van der Waals surface area contributed by atoms with Crippen molar-refractivity contribution in [2.75, 3.05) is 32.1 Å². The Morgan fingerprint density at radius 2 is 1.88 bits per heavy atom.